The average molecular weight is 322 g/mol. The van der Waals surface area contributed by atoms with Crippen molar-refractivity contribution in [2.45, 2.75) is 26.7 Å². The van der Waals surface area contributed by atoms with Crippen molar-refractivity contribution < 1.29 is 18.4 Å². The molecule has 1 saturated carbocycles. The Morgan fingerprint density at radius 1 is 1.35 bits per heavy atom. The van der Waals surface area contributed by atoms with Gasteiger partial charge in [-0.25, -0.2) is 8.78 Å². The largest absolute Gasteiger partial charge is 0.369 e. The number of nitrogens with two attached hydrogens (primary N) is 1. The number of hydrogen-bond donors (Lipinski definition) is 1. The fourth-order valence-corrected chi connectivity index (χ4v) is 4.38. The van der Waals surface area contributed by atoms with Gasteiger partial charge in [0.05, 0.1) is 11.8 Å². The third-order valence-electron chi connectivity index (χ3n) is 5.47. The highest BCUT2D eigenvalue weighted by Crippen LogP contribution is 2.62. The Morgan fingerprint density at radius 3 is 2.61 bits per heavy atom. The van der Waals surface area contributed by atoms with Crippen molar-refractivity contribution in [3.05, 3.63) is 35.4 Å². The number of benzene rings is 1. The number of fused-ring (bicyclic) bond motifs is 1. The molecule has 0 unspecified atom stereocenters. The Hall–Kier alpha value is -1.98. The van der Waals surface area contributed by atoms with E-state index in [2.05, 4.69) is 13.8 Å². The van der Waals surface area contributed by atoms with Gasteiger partial charge in [0.2, 0.25) is 11.8 Å². The summed E-state index contributed by atoms with van der Waals surface area (Å²) in [5.74, 6) is -2.62. The van der Waals surface area contributed by atoms with E-state index in [9.17, 15) is 18.4 Å². The van der Waals surface area contributed by atoms with Gasteiger partial charge in [0.15, 0.2) is 11.6 Å². The van der Waals surface area contributed by atoms with E-state index in [0.717, 1.165) is 6.07 Å². The van der Waals surface area contributed by atoms with Gasteiger partial charge in [-0.2, -0.15) is 0 Å². The van der Waals surface area contributed by atoms with E-state index in [1.807, 2.05) is 0 Å². The number of nitrogens with zero attached hydrogens (tertiary/aromatic N) is 1. The topological polar surface area (TPSA) is 63.4 Å². The maximum absolute atomic E-state index is 13.7. The minimum Gasteiger partial charge on any atom is -0.369 e. The summed E-state index contributed by atoms with van der Waals surface area (Å²) in [6, 6.07) is 3.79. The van der Waals surface area contributed by atoms with Gasteiger partial charge in [0.25, 0.3) is 0 Å². The van der Waals surface area contributed by atoms with Crippen molar-refractivity contribution in [1.82, 2.24) is 4.90 Å². The van der Waals surface area contributed by atoms with E-state index >= 15 is 0 Å². The Morgan fingerprint density at radius 2 is 2.04 bits per heavy atom. The fourth-order valence-electron chi connectivity index (χ4n) is 4.38. The molecule has 1 saturated heterocycles. The number of carbonyl (C=O) groups is 2. The molecule has 1 aromatic rings. The highest BCUT2D eigenvalue weighted by Gasteiger charge is 2.66. The molecule has 6 heteroatoms. The van der Waals surface area contributed by atoms with Crippen LogP contribution in [0.4, 0.5) is 8.78 Å². The number of likely N-dealkylation sites (tertiary alicyclic amines) is 1. The molecular weight excluding hydrogens is 302 g/mol. The Labute approximate surface area is 133 Å². The number of primary amides is 1. The number of hydrogen-bond acceptors (Lipinski definition) is 2. The quantitative estimate of drug-likeness (QED) is 0.923. The molecule has 1 aliphatic carbocycles. The first-order chi connectivity index (χ1) is 10.7. The summed E-state index contributed by atoms with van der Waals surface area (Å²) in [4.78, 5) is 25.9. The zero-order chi connectivity index (χ0) is 17.0. The van der Waals surface area contributed by atoms with Gasteiger partial charge in [0.1, 0.15) is 0 Å². The van der Waals surface area contributed by atoms with Crippen LogP contribution in [0.15, 0.2) is 18.2 Å². The molecule has 0 radical (unpaired) electrons. The molecule has 4 nitrogen and oxygen atoms in total. The van der Waals surface area contributed by atoms with Gasteiger partial charge in [-0.15, -0.1) is 0 Å². The standard InChI is InChI=1S/C17H20F2N2O2/c1-16(2)8-17(15(20)23)9-21(7-12(16)17)13(22)6-10-4-3-5-11(18)14(10)19/h3-5,12H,6-9H2,1-2H3,(H2,20,23)/t12-,17+/m1/s1. The summed E-state index contributed by atoms with van der Waals surface area (Å²) in [6.45, 7) is 4.82. The number of carbonyl (C=O) groups excluding carboxylic acids is 2. The average Bonchev–Trinajstić information content (AvgIpc) is 2.80. The molecule has 2 N–H and O–H groups in total. The predicted octanol–water partition coefficient (Wildman–Crippen LogP) is 1.87. The van der Waals surface area contributed by atoms with Crippen molar-refractivity contribution in [2.75, 3.05) is 13.1 Å². The van der Waals surface area contributed by atoms with Crippen LogP contribution in [0.2, 0.25) is 0 Å². The second kappa shape index (κ2) is 5.01. The minimum atomic E-state index is -0.993. The summed E-state index contributed by atoms with van der Waals surface area (Å²) < 4.78 is 27.0. The van der Waals surface area contributed by atoms with Crippen LogP contribution in [0.1, 0.15) is 25.8 Å². The van der Waals surface area contributed by atoms with Crippen molar-refractivity contribution >= 4 is 11.8 Å². The van der Waals surface area contributed by atoms with Gasteiger partial charge in [-0.3, -0.25) is 9.59 Å². The first-order valence-electron chi connectivity index (χ1n) is 7.68. The summed E-state index contributed by atoms with van der Waals surface area (Å²) in [6.07, 6.45) is 0.434. The van der Waals surface area contributed by atoms with Crippen LogP contribution in [0, 0.1) is 28.4 Å². The molecule has 3 rings (SSSR count). The van der Waals surface area contributed by atoms with Crippen molar-refractivity contribution in [3.63, 3.8) is 0 Å². The van der Waals surface area contributed by atoms with Crippen LogP contribution in [-0.4, -0.2) is 29.8 Å². The molecule has 2 amide bonds. The van der Waals surface area contributed by atoms with E-state index < -0.39 is 17.0 Å². The molecule has 2 aliphatic rings. The number of halogens is 2. The molecule has 124 valence electrons. The van der Waals surface area contributed by atoms with Crippen LogP contribution >= 0.6 is 0 Å². The molecule has 0 bridgehead atoms. The maximum atomic E-state index is 13.7. The van der Waals surface area contributed by atoms with Crippen molar-refractivity contribution in [2.24, 2.45) is 22.5 Å². The van der Waals surface area contributed by atoms with E-state index in [-0.39, 0.29) is 41.7 Å². The summed E-state index contributed by atoms with van der Waals surface area (Å²) in [5.41, 5.74) is 4.88. The second-order valence-electron chi connectivity index (χ2n) is 7.40. The summed E-state index contributed by atoms with van der Waals surface area (Å²) in [7, 11) is 0. The molecule has 1 heterocycles. The van der Waals surface area contributed by atoms with Gasteiger partial charge in [0, 0.05) is 18.7 Å². The first-order valence-corrected chi connectivity index (χ1v) is 7.68. The summed E-state index contributed by atoms with van der Waals surface area (Å²) >= 11 is 0. The molecule has 1 aliphatic heterocycles. The van der Waals surface area contributed by atoms with Crippen molar-refractivity contribution in [3.8, 4) is 0 Å². The molecule has 1 aromatic carbocycles. The van der Waals surface area contributed by atoms with E-state index in [1.54, 1.807) is 4.90 Å². The van der Waals surface area contributed by atoms with Crippen LogP contribution in [0.25, 0.3) is 0 Å². The Balaban J connectivity index is 1.77. The zero-order valence-electron chi connectivity index (χ0n) is 13.2. The molecule has 23 heavy (non-hydrogen) atoms. The smallest absolute Gasteiger partial charge is 0.227 e. The van der Waals surface area contributed by atoms with Gasteiger partial charge in [-0.05, 0) is 23.8 Å². The van der Waals surface area contributed by atoms with Crippen LogP contribution in [-0.2, 0) is 16.0 Å². The minimum absolute atomic E-state index is 0.0220. The lowest BCUT2D eigenvalue weighted by atomic mass is 9.48. The van der Waals surface area contributed by atoms with Gasteiger partial charge in [-0.1, -0.05) is 26.0 Å². The lowest BCUT2D eigenvalue weighted by molar-refractivity contribution is -0.148. The SMILES string of the molecule is CC1(C)C[C@]2(C(N)=O)CN(C(=O)Cc3cccc(F)c3F)C[C@H]12. The van der Waals surface area contributed by atoms with Gasteiger partial charge < -0.3 is 10.6 Å². The van der Waals surface area contributed by atoms with Gasteiger partial charge >= 0.3 is 0 Å². The third kappa shape index (κ3) is 2.31. The fraction of sp³-hybridized carbons (Fsp3) is 0.529. The van der Waals surface area contributed by atoms with E-state index in [1.165, 1.54) is 12.1 Å². The van der Waals surface area contributed by atoms with Crippen molar-refractivity contribution in [1.29, 1.82) is 0 Å². The van der Waals surface area contributed by atoms with Crippen LogP contribution in [0.3, 0.4) is 0 Å². The zero-order valence-corrected chi connectivity index (χ0v) is 13.2. The lowest BCUT2D eigenvalue weighted by Crippen LogP contribution is -2.59. The molecule has 0 aromatic heterocycles. The highest BCUT2D eigenvalue weighted by atomic mass is 19.2. The number of rotatable bonds is 3. The Bertz CT molecular complexity index is 689. The molecule has 2 atom stereocenters. The normalized spacial score (nSPS) is 28.2. The monoisotopic (exact) mass is 322 g/mol. The molecular formula is C17H20F2N2O2. The first kappa shape index (κ1) is 15.9. The maximum Gasteiger partial charge on any atom is 0.227 e. The number of amides is 2. The lowest BCUT2D eigenvalue weighted by Gasteiger charge is -2.54. The second-order valence-corrected chi connectivity index (χ2v) is 7.40. The third-order valence-corrected chi connectivity index (χ3v) is 5.47. The Kier molecular flexibility index (Phi) is 3.46. The highest BCUT2D eigenvalue weighted by molar-refractivity contribution is 5.86. The van der Waals surface area contributed by atoms with Crippen LogP contribution < -0.4 is 5.73 Å². The predicted molar refractivity (Wildman–Crippen MR) is 80.2 cm³/mol. The summed E-state index contributed by atoms with van der Waals surface area (Å²) in [5, 5.41) is 0. The molecule has 2 fully saturated rings. The van der Waals surface area contributed by atoms with E-state index in [0.29, 0.717) is 13.0 Å². The van der Waals surface area contributed by atoms with E-state index in [4.69, 9.17) is 5.73 Å². The van der Waals surface area contributed by atoms with Crippen LogP contribution in [0.5, 0.6) is 0 Å². The molecule has 0 spiro atoms.